The van der Waals surface area contributed by atoms with Gasteiger partial charge in [0.1, 0.15) is 6.10 Å². The van der Waals surface area contributed by atoms with Crippen LogP contribution in [0.5, 0.6) is 0 Å². The molecule has 2 fully saturated rings. The maximum absolute atomic E-state index is 12.1. The number of carbonyl (C=O) groups excluding carboxylic acids is 2. The van der Waals surface area contributed by atoms with Gasteiger partial charge in [0.2, 0.25) is 0 Å². The minimum absolute atomic E-state index is 0. The van der Waals surface area contributed by atoms with Crippen LogP contribution in [0.3, 0.4) is 0 Å². The van der Waals surface area contributed by atoms with E-state index in [4.69, 9.17) is 4.74 Å². The van der Waals surface area contributed by atoms with Gasteiger partial charge in [-0.1, -0.05) is 0 Å². The summed E-state index contributed by atoms with van der Waals surface area (Å²) in [6.45, 7) is 0. The van der Waals surface area contributed by atoms with E-state index in [1.54, 1.807) is 0 Å². The summed E-state index contributed by atoms with van der Waals surface area (Å²) in [5, 5.41) is 0.433. The molecule has 2 saturated carbocycles. The molecule has 0 heterocycles. The molecule has 2 aliphatic rings. The van der Waals surface area contributed by atoms with E-state index in [1.165, 1.54) is 0 Å². The molecule has 6 heteroatoms. The fourth-order valence-electron chi connectivity index (χ4n) is 3.11. The molecule has 21 heavy (non-hydrogen) atoms. The van der Waals surface area contributed by atoms with E-state index in [2.05, 4.69) is 24.5 Å². The molecule has 2 rings (SSSR count). The zero-order valence-electron chi connectivity index (χ0n) is 12.8. The third-order valence-corrected chi connectivity index (χ3v) is 4.98. The second-order valence-electron chi connectivity index (χ2n) is 5.88. The van der Waals surface area contributed by atoms with E-state index in [0.29, 0.717) is 5.25 Å². The summed E-state index contributed by atoms with van der Waals surface area (Å²) in [6, 6.07) is 0. The molecular formula is C15H23O4RbS. The molecular weight excluding hydrogens is 362 g/mol. The molecule has 0 unspecified atom stereocenters. The van der Waals surface area contributed by atoms with Gasteiger partial charge in [0, 0.05) is 5.25 Å². The van der Waals surface area contributed by atoms with E-state index in [0.717, 1.165) is 51.4 Å². The fraction of sp³-hybridized carbons (Fsp3) is 0.800. The van der Waals surface area contributed by atoms with Crippen LogP contribution in [0.15, 0.2) is 0 Å². The van der Waals surface area contributed by atoms with E-state index < -0.39 is 0 Å². The van der Waals surface area contributed by atoms with Gasteiger partial charge in [-0.05, 0) is 51.4 Å². The van der Waals surface area contributed by atoms with Crippen LogP contribution in [0, 0.1) is 18.9 Å². The maximum atomic E-state index is 12.1. The molecule has 0 N–H and O–H groups in total. The van der Waals surface area contributed by atoms with Crippen LogP contribution in [0.1, 0.15) is 51.4 Å². The van der Waals surface area contributed by atoms with Gasteiger partial charge in [-0.2, -0.15) is 19.7 Å². The number of ether oxygens (including phenoxy) is 2. The predicted octanol–water partition coefficient (Wildman–Crippen LogP) is -0.0842. The maximum Gasteiger partial charge on any atom is 1.00 e. The summed E-state index contributed by atoms with van der Waals surface area (Å²) in [7, 11) is 3.15. The molecule has 0 radical (unpaired) electrons. The van der Waals surface area contributed by atoms with Gasteiger partial charge in [-0.3, -0.25) is 9.59 Å². The molecule has 0 aromatic heterocycles. The number of esters is 2. The van der Waals surface area contributed by atoms with Gasteiger partial charge < -0.3 is 9.47 Å². The number of hydrogen-bond acceptors (Lipinski definition) is 5. The molecule has 0 aliphatic heterocycles. The van der Waals surface area contributed by atoms with Crippen molar-refractivity contribution in [3.63, 3.8) is 0 Å². The van der Waals surface area contributed by atoms with Crippen molar-refractivity contribution in [1.82, 2.24) is 0 Å². The first-order chi connectivity index (χ1) is 9.60. The first-order valence-electron chi connectivity index (χ1n) is 7.44. The monoisotopic (exact) mass is 384 g/mol. The Morgan fingerprint density at radius 3 is 1.86 bits per heavy atom. The van der Waals surface area contributed by atoms with E-state index in [1.807, 2.05) is 0 Å². The number of thiol groups is 1. The van der Waals surface area contributed by atoms with E-state index >= 15 is 0 Å². The summed E-state index contributed by atoms with van der Waals surface area (Å²) in [5.41, 5.74) is 0. The third kappa shape index (κ3) is 6.25. The minimum Gasteiger partial charge on any atom is -0.640 e. The minimum atomic E-state index is -0.248. The molecule has 0 aromatic rings. The Labute approximate surface area is 181 Å². The van der Waals surface area contributed by atoms with Crippen LogP contribution in [0.25, 0.3) is 0 Å². The zero-order valence-corrected chi connectivity index (χ0v) is 18.6. The Hall–Kier alpha value is 1.10. The molecule has 114 valence electrons. The van der Waals surface area contributed by atoms with Crippen molar-refractivity contribution < 1.29 is 77.3 Å². The Balaban J connectivity index is 0.00000220. The van der Waals surface area contributed by atoms with Gasteiger partial charge in [0.15, 0.2) is 0 Å². The summed E-state index contributed by atoms with van der Waals surface area (Å²) in [4.78, 5) is 23.5. The first kappa shape index (κ1) is 20.1. The molecule has 4 nitrogen and oxygen atoms in total. The molecule has 0 atom stereocenters. The van der Waals surface area contributed by atoms with Crippen LogP contribution in [0.2, 0.25) is 0 Å². The second kappa shape index (κ2) is 10.1. The van der Waals surface area contributed by atoms with Crippen molar-refractivity contribution in [2.24, 2.45) is 11.8 Å². The summed E-state index contributed by atoms with van der Waals surface area (Å²) < 4.78 is 10.1. The van der Waals surface area contributed by atoms with Crippen molar-refractivity contribution >= 4 is 24.6 Å². The Bertz CT molecular complexity index is 348. The average Bonchev–Trinajstić information content (AvgIpc) is 2.48. The smallest absolute Gasteiger partial charge is 0.640 e. The Kier molecular flexibility index (Phi) is 9.65. The molecule has 0 spiro atoms. The SMILES string of the molecule is [CH2-]OC(=O)C1CCC(OC(=O)C2CCC(S)CC2)CC1.[Rb+]. The van der Waals surface area contributed by atoms with Crippen LogP contribution < -0.4 is 58.2 Å². The van der Waals surface area contributed by atoms with Gasteiger partial charge in [-0.25, -0.2) is 0 Å². The van der Waals surface area contributed by atoms with Gasteiger partial charge in [0.05, 0.1) is 11.8 Å². The van der Waals surface area contributed by atoms with Crippen LogP contribution >= 0.6 is 12.6 Å². The van der Waals surface area contributed by atoms with Gasteiger partial charge in [-0.15, -0.1) is 0 Å². The van der Waals surface area contributed by atoms with Crippen molar-refractivity contribution in [3.05, 3.63) is 7.11 Å². The van der Waals surface area contributed by atoms with E-state index in [9.17, 15) is 9.59 Å². The molecule has 0 amide bonds. The molecule has 0 saturated heterocycles. The predicted molar refractivity (Wildman–Crippen MR) is 78.0 cm³/mol. The number of hydrogen-bond donors (Lipinski definition) is 1. The number of carbonyl (C=O) groups is 2. The average molecular weight is 385 g/mol. The standard InChI is InChI=1S/C15H23O4S.Rb/c1-18-14(16)10-2-6-12(7-3-10)19-15(17)11-4-8-13(20)9-5-11;/h10-13,20H,1-9H2;/q-1;+1. The summed E-state index contributed by atoms with van der Waals surface area (Å²) in [5.74, 6) is -0.349. The first-order valence-corrected chi connectivity index (χ1v) is 7.96. The third-order valence-electron chi connectivity index (χ3n) is 4.46. The van der Waals surface area contributed by atoms with Gasteiger partial charge >= 0.3 is 64.2 Å². The fourth-order valence-corrected chi connectivity index (χ4v) is 3.40. The topological polar surface area (TPSA) is 52.6 Å². The number of rotatable bonds is 3. The molecule has 0 aromatic carbocycles. The quantitative estimate of drug-likeness (QED) is 0.420. The van der Waals surface area contributed by atoms with Gasteiger partial charge in [0.25, 0.3) is 5.97 Å². The van der Waals surface area contributed by atoms with Crippen LogP contribution in [-0.2, 0) is 19.1 Å². The second-order valence-corrected chi connectivity index (χ2v) is 6.61. The largest absolute Gasteiger partial charge is 1.00 e. The molecule has 2 aliphatic carbocycles. The van der Waals surface area contributed by atoms with Crippen molar-refractivity contribution in [2.45, 2.75) is 62.7 Å². The molecule has 0 bridgehead atoms. The normalized spacial score (nSPS) is 32.7. The van der Waals surface area contributed by atoms with Crippen LogP contribution in [-0.4, -0.2) is 23.3 Å². The van der Waals surface area contributed by atoms with E-state index in [-0.39, 0.29) is 88.1 Å². The van der Waals surface area contributed by atoms with Crippen molar-refractivity contribution in [2.75, 3.05) is 0 Å². The zero-order chi connectivity index (χ0) is 14.5. The summed E-state index contributed by atoms with van der Waals surface area (Å²) >= 11 is 4.44. The van der Waals surface area contributed by atoms with Crippen molar-refractivity contribution in [1.29, 1.82) is 0 Å². The van der Waals surface area contributed by atoms with Crippen LogP contribution in [0.4, 0.5) is 0 Å². The summed E-state index contributed by atoms with van der Waals surface area (Å²) in [6.07, 6.45) is 6.64. The van der Waals surface area contributed by atoms with Crippen molar-refractivity contribution in [3.8, 4) is 0 Å². The Morgan fingerprint density at radius 2 is 1.33 bits per heavy atom. The Morgan fingerprint density at radius 1 is 0.857 bits per heavy atom.